The summed E-state index contributed by atoms with van der Waals surface area (Å²) < 4.78 is 5.08. The Morgan fingerprint density at radius 1 is 1.54 bits per heavy atom. The molecule has 0 N–H and O–H groups in total. The lowest BCUT2D eigenvalue weighted by Crippen LogP contribution is -2.58. The van der Waals surface area contributed by atoms with Crippen LogP contribution >= 0.6 is 0 Å². The highest BCUT2D eigenvalue weighted by atomic mass is 16.5. The molecule has 0 aromatic rings. The van der Waals surface area contributed by atoms with Crippen LogP contribution in [0.15, 0.2) is 0 Å². The van der Waals surface area contributed by atoms with Gasteiger partial charge < -0.3 is 4.74 Å². The zero-order chi connectivity index (χ0) is 8.65. The first-order chi connectivity index (χ1) is 4.98. The van der Waals surface area contributed by atoms with Gasteiger partial charge in [0.2, 0.25) is 0 Å². The van der Waals surface area contributed by atoms with E-state index < -0.39 is 5.60 Å². The Hall–Kier alpha value is -0.700. The fourth-order valence-electron chi connectivity index (χ4n) is 1.11. The van der Waals surface area contributed by atoms with Crippen molar-refractivity contribution in [1.29, 1.82) is 0 Å². The summed E-state index contributed by atoms with van der Waals surface area (Å²) >= 11 is 0. The molecule has 1 rings (SSSR count). The summed E-state index contributed by atoms with van der Waals surface area (Å²) in [5, 5.41) is 0. The van der Waals surface area contributed by atoms with Crippen LogP contribution < -0.4 is 0 Å². The number of ether oxygens (including phenoxy) is 1. The fraction of sp³-hybridized carbons (Fsp3) is 0.800. The van der Waals surface area contributed by atoms with E-state index in [9.17, 15) is 9.59 Å². The van der Waals surface area contributed by atoms with Crippen LogP contribution in [-0.2, 0) is 14.3 Å². The van der Waals surface area contributed by atoms with Gasteiger partial charge in [-0.15, -0.1) is 0 Å². The Morgan fingerprint density at radius 2 is 2.00 bits per heavy atom. The number of Topliss-reactive ketones (excluding diaryl/α,β-unsaturated/α-hetero) is 2. The third-order valence-electron chi connectivity index (χ3n) is 2.49. The molecule has 2 atom stereocenters. The van der Waals surface area contributed by atoms with Crippen molar-refractivity contribution in [3.8, 4) is 0 Å². The molecular weight excluding hydrogens is 168 g/mol. The number of hydrogen-bond donors (Lipinski definition) is 0. The van der Waals surface area contributed by atoms with E-state index in [1.54, 1.807) is 13.8 Å². The van der Waals surface area contributed by atoms with E-state index in [0.717, 1.165) is 0 Å². The van der Waals surface area contributed by atoms with Crippen LogP contribution in [0.2, 0.25) is 0 Å². The van der Waals surface area contributed by atoms with E-state index in [-0.39, 0.29) is 38.9 Å². The van der Waals surface area contributed by atoms with Crippen molar-refractivity contribution < 1.29 is 14.3 Å². The summed E-state index contributed by atoms with van der Waals surface area (Å²) in [5.41, 5.74) is -0.828. The van der Waals surface area contributed by atoms with Gasteiger partial charge in [0.15, 0.2) is 5.78 Å². The van der Waals surface area contributed by atoms with Gasteiger partial charge in [-0.2, -0.15) is 0 Å². The molecule has 13 heavy (non-hydrogen) atoms. The van der Waals surface area contributed by atoms with Gasteiger partial charge in [-0.3, -0.25) is 9.59 Å². The van der Waals surface area contributed by atoms with Crippen molar-refractivity contribution >= 4 is 11.6 Å². The molecule has 3 heteroatoms. The Kier molecular flexibility index (Phi) is 5.14. The van der Waals surface area contributed by atoms with Gasteiger partial charge in [-0.25, -0.2) is 0 Å². The molecule has 2 unspecified atom stereocenters. The summed E-state index contributed by atoms with van der Waals surface area (Å²) in [7, 11) is 0. The second kappa shape index (κ2) is 4.51. The van der Waals surface area contributed by atoms with Crippen molar-refractivity contribution in [2.75, 3.05) is 6.61 Å². The molecule has 0 amide bonds. The lowest BCUT2D eigenvalue weighted by Gasteiger charge is -2.40. The first kappa shape index (κ1) is 14.8. The van der Waals surface area contributed by atoms with Crippen LogP contribution in [0.1, 0.15) is 35.6 Å². The summed E-state index contributed by atoms with van der Waals surface area (Å²) in [6.45, 7) is 5.03. The Morgan fingerprint density at radius 3 is 2.08 bits per heavy atom. The lowest BCUT2D eigenvalue weighted by molar-refractivity contribution is -0.186. The molecule has 0 aromatic heterocycles. The van der Waals surface area contributed by atoms with Gasteiger partial charge in [-0.1, -0.05) is 21.8 Å². The van der Waals surface area contributed by atoms with Crippen molar-refractivity contribution in [3.05, 3.63) is 0 Å². The van der Waals surface area contributed by atoms with Crippen molar-refractivity contribution in [2.45, 2.75) is 41.2 Å². The SMILES string of the molecule is C.C.CC(=O)C(C)C1(C)OCC1=O. The van der Waals surface area contributed by atoms with E-state index in [4.69, 9.17) is 4.74 Å². The predicted molar refractivity (Wildman–Crippen MR) is 52.7 cm³/mol. The lowest BCUT2D eigenvalue weighted by atomic mass is 9.81. The van der Waals surface area contributed by atoms with Gasteiger partial charge >= 0.3 is 0 Å². The minimum absolute atomic E-state index is 0. The number of hydrogen-bond acceptors (Lipinski definition) is 3. The zero-order valence-corrected chi connectivity index (χ0v) is 7.01. The van der Waals surface area contributed by atoms with E-state index >= 15 is 0 Å². The summed E-state index contributed by atoms with van der Waals surface area (Å²) in [4.78, 5) is 21.9. The smallest absolute Gasteiger partial charge is 0.190 e. The van der Waals surface area contributed by atoms with Gasteiger partial charge in [0.25, 0.3) is 0 Å². The van der Waals surface area contributed by atoms with Gasteiger partial charge in [-0.05, 0) is 13.8 Å². The second-order valence-electron chi connectivity index (χ2n) is 3.15. The van der Waals surface area contributed by atoms with Crippen LogP contribution in [0.4, 0.5) is 0 Å². The zero-order valence-electron chi connectivity index (χ0n) is 7.01. The normalized spacial score (nSPS) is 27.8. The highest BCUT2D eigenvalue weighted by Gasteiger charge is 2.49. The first-order valence-electron chi connectivity index (χ1n) is 3.66. The first-order valence-corrected chi connectivity index (χ1v) is 3.66. The van der Waals surface area contributed by atoms with E-state index in [1.165, 1.54) is 6.92 Å². The average molecular weight is 188 g/mol. The number of ketones is 2. The topological polar surface area (TPSA) is 43.4 Å². The molecule has 3 nitrogen and oxygen atoms in total. The molecule has 1 aliphatic heterocycles. The Balaban J connectivity index is 0. The van der Waals surface area contributed by atoms with Crippen LogP contribution in [0.5, 0.6) is 0 Å². The third kappa shape index (κ3) is 2.15. The van der Waals surface area contributed by atoms with Gasteiger partial charge in [0, 0.05) is 0 Å². The summed E-state index contributed by atoms with van der Waals surface area (Å²) in [6.07, 6.45) is 0. The number of rotatable bonds is 2. The molecule has 0 spiro atoms. The monoisotopic (exact) mass is 188 g/mol. The molecule has 0 radical (unpaired) electrons. The molecule has 1 aliphatic rings. The molecule has 0 saturated carbocycles. The molecule has 1 heterocycles. The Bertz CT molecular complexity index is 210. The molecule has 0 aromatic carbocycles. The maximum atomic E-state index is 11.0. The highest BCUT2D eigenvalue weighted by molar-refractivity contribution is 5.97. The minimum Gasteiger partial charge on any atom is -0.359 e. The van der Waals surface area contributed by atoms with Crippen LogP contribution in [0.25, 0.3) is 0 Å². The van der Waals surface area contributed by atoms with Crippen LogP contribution in [0, 0.1) is 5.92 Å². The van der Waals surface area contributed by atoms with Crippen molar-refractivity contribution in [3.63, 3.8) is 0 Å². The largest absolute Gasteiger partial charge is 0.359 e. The second-order valence-corrected chi connectivity index (χ2v) is 3.15. The van der Waals surface area contributed by atoms with Gasteiger partial charge in [0.05, 0.1) is 5.92 Å². The van der Waals surface area contributed by atoms with E-state index in [1.807, 2.05) is 0 Å². The van der Waals surface area contributed by atoms with Crippen molar-refractivity contribution in [2.24, 2.45) is 5.92 Å². The van der Waals surface area contributed by atoms with Gasteiger partial charge in [0.1, 0.15) is 18.0 Å². The van der Waals surface area contributed by atoms with E-state index in [0.29, 0.717) is 0 Å². The Labute approximate surface area is 80.5 Å². The third-order valence-corrected chi connectivity index (χ3v) is 2.49. The molecular formula is C10H20O3. The molecule has 0 aliphatic carbocycles. The quantitative estimate of drug-likeness (QED) is 0.664. The molecule has 1 saturated heterocycles. The van der Waals surface area contributed by atoms with Crippen molar-refractivity contribution in [1.82, 2.24) is 0 Å². The molecule has 1 fully saturated rings. The van der Waals surface area contributed by atoms with Crippen LogP contribution in [0.3, 0.4) is 0 Å². The number of carbonyl (C=O) groups excluding carboxylic acids is 2. The summed E-state index contributed by atoms with van der Waals surface area (Å²) in [5.74, 6) is -0.287. The summed E-state index contributed by atoms with van der Waals surface area (Å²) in [6, 6.07) is 0. The fourth-order valence-corrected chi connectivity index (χ4v) is 1.11. The standard InChI is InChI=1S/C8H12O3.2CH4/c1-5(6(2)9)8(3)7(10)4-11-8;;/h5H,4H2,1-3H3;2*1H4. The average Bonchev–Trinajstić information content (AvgIpc) is 1.98. The maximum absolute atomic E-state index is 11.0. The minimum atomic E-state index is -0.828. The number of carbonyl (C=O) groups is 2. The maximum Gasteiger partial charge on any atom is 0.190 e. The molecule has 0 bridgehead atoms. The van der Waals surface area contributed by atoms with Crippen LogP contribution in [-0.4, -0.2) is 23.8 Å². The molecule has 78 valence electrons. The van der Waals surface area contributed by atoms with E-state index in [2.05, 4.69) is 0 Å². The predicted octanol–water partition coefficient (Wildman–Crippen LogP) is 1.84. The highest BCUT2D eigenvalue weighted by Crippen LogP contribution is 2.30.